The first-order chi connectivity index (χ1) is 13.7. The number of nitriles is 1. The average Bonchev–Trinajstić information content (AvgIpc) is 3.16. The van der Waals surface area contributed by atoms with E-state index in [-0.39, 0.29) is 5.56 Å². The molecule has 1 aromatic heterocycles. The third kappa shape index (κ3) is 3.04. The summed E-state index contributed by atoms with van der Waals surface area (Å²) in [5.74, 6) is -1.07. The normalized spacial score (nSPS) is 10.4. The van der Waals surface area contributed by atoms with Gasteiger partial charge in [0.25, 0.3) is 0 Å². The standard InChI is InChI=1S/C23H15N3O2/c24-15-16-8-7-11-18(14-16)21-20(23(27)28)22(17-9-3-1-4-10-17)26(25-21)19-12-5-2-6-13-19/h1-14H,(H,27,28). The number of aromatic carboxylic acids is 1. The topological polar surface area (TPSA) is 78.9 Å². The number of benzene rings is 3. The average molecular weight is 365 g/mol. The number of carboxylic acid groups (broad SMARTS) is 1. The summed E-state index contributed by atoms with van der Waals surface area (Å²) in [6, 6.07) is 27.6. The van der Waals surface area contributed by atoms with Gasteiger partial charge in [-0.15, -0.1) is 0 Å². The highest BCUT2D eigenvalue weighted by molar-refractivity contribution is 6.02. The maximum atomic E-state index is 12.3. The fraction of sp³-hybridized carbons (Fsp3) is 0. The molecule has 0 radical (unpaired) electrons. The van der Waals surface area contributed by atoms with Crippen molar-refractivity contribution in [1.82, 2.24) is 9.78 Å². The minimum atomic E-state index is -1.07. The van der Waals surface area contributed by atoms with E-state index in [1.807, 2.05) is 60.7 Å². The molecule has 134 valence electrons. The van der Waals surface area contributed by atoms with Crippen LogP contribution in [-0.2, 0) is 0 Å². The molecule has 5 heteroatoms. The van der Waals surface area contributed by atoms with Gasteiger partial charge in [0.05, 0.1) is 23.0 Å². The maximum Gasteiger partial charge on any atom is 0.340 e. The Kier molecular flexibility index (Phi) is 4.45. The lowest BCUT2D eigenvalue weighted by Crippen LogP contribution is -2.03. The van der Waals surface area contributed by atoms with Crippen molar-refractivity contribution in [3.05, 3.63) is 96.1 Å². The van der Waals surface area contributed by atoms with Crippen LogP contribution in [0.1, 0.15) is 15.9 Å². The number of para-hydroxylation sites is 1. The number of nitrogens with zero attached hydrogens (tertiary/aromatic N) is 3. The Bertz CT molecular complexity index is 1190. The van der Waals surface area contributed by atoms with Gasteiger partial charge in [-0.05, 0) is 24.3 Å². The Hall–Kier alpha value is -4.17. The van der Waals surface area contributed by atoms with E-state index in [1.165, 1.54) is 0 Å². The SMILES string of the molecule is N#Cc1cccc(-c2nn(-c3ccccc3)c(-c3ccccc3)c2C(=O)O)c1. The molecule has 0 aliphatic rings. The van der Waals surface area contributed by atoms with Crippen molar-refractivity contribution in [3.8, 4) is 34.3 Å². The first kappa shape index (κ1) is 17.3. The van der Waals surface area contributed by atoms with Gasteiger partial charge in [0, 0.05) is 11.1 Å². The molecule has 28 heavy (non-hydrogen) atoms. The molecule has 0 aliphatic carbocycles. The molecule has 3 aromatic carbocycles. The van der Waals surface area contributed by atoms with Crippen LogP contribution in [0.3, 0.4) is 0 Å². The minimum absolute atomic E-state index is 0.102. The van der Waals surface area contributed by atoms with Crippen LogP contribution in [0.25, 0.3) is 28.2 Å². The zero-order valence-corrected chi connectivity index (χ0v) is 14.8. The highest BCUT2D eigenvalue weighted by Gasteiger charge is 2.26. The van der Waals surface area contributed by atoms with Crippen molar-refractivity contribution in [3.63, 3.8) is 0 Å². The summed E-state index contributed by atoms with van der Waals surface area (Å²) >= 11 is 0. The summed E-state index contributed by atoms with van der Waals surface area (Å²) < 4.78 is 1.65. The lowest BCUT2D eigenvalue weighted by atomic mass is 10.0. The van der Waals surface area contributed by atoms with E-state index >= 15 is 0 Å². The maximum absolute atomic E-state index is 12.3. The molecular formula is C23H15N3O2. The monoisotopic (exact) mass is 365 g/mol. The van der Waals surface area contributed by atoms with Gasteiger partial charge < -0.3 is 5.11 Å². The Balaban J connectivity index is 2.07. The summed E-state index contributed by atoms with van der Waals surface area (Å²) in [5.41, 5.74) is 3.47. The Morgan fingerprint density at radius 3 is 2.18 bits per heavy atom. The smallest absolute Gasteiger partial charge is 0.340 e. The van der Waals surface area contributed by atoms with E-state index in [0.29, 0.717) is 22.5 Å². The Morgan fingerprint density at radius 1 is 0.893 bits per heavy atom. The van der Waals surface area contributed by atoms with Crippen molar-refractivity contribution in [2.45, 2.75) is 0 Å². The van der Waals surface area contributed by atoms with Gasteiger partial charge in [-0.25, -0.2) is 9.48 Å². The highest BCUT2D eigenvalue weighted by Crippen LogP contribution is 2.34. The molecule has 0 spiro atoms. The molecule has 0 bridgehead atoms. The highest BCUT2D eigenvalue weighted by atomic mass is 16.4. The fourth-order valence-electron chi connectivity index (χ4n) is 3.18. The summed E-state index contributed by atoms with van der Waals surface area (Å²) in [6.07, 6.45) is 0. The van der Waals surface area contributed by atoms with E-state index in [4.69, 9.17) is 0 Å². The zero-order chi connectivity index (χ0) is 19.5. The van der Waals surface area contributed by atoms with Crippen LogP contribution in [0.2, 0.25) is 0 Å². The van der Waals surface area contributed by atoms with Gasteiger partial charge in [-0.2, -0.15) is 10.4 Å². The van der Waals surface area contributed by atoms with Crippen molar-refractivity contribution >= 4 is 5.97 Å². The summed E-state index contributed by atoms with van der Waals surface area (Å²) in [5, 5.41) is 23.9. The van der Waals surface area contributed by atoms with E-state index in [0.717, 1.165) is 11.3 Å². The fourth-order valence-corrected chi connectivity index (χ4v) is 3.18. The second kappa shape index (κ2) is 7.22. The number of hydrogen-bond acceptors (Lipinski definition) is 3. The van der Waals surface area contributed by atoms with E-state index in [1.54, 1.807) is 28.9 Å². The van der Waals surface area contributed by atoms with Gasteiger partial charge in [0.2, 0.25) is 0 Å². The quantitative estimate of drug-likeness (QED) is 0.565. The largest absolute Gasteiger partial charge is 0.478 e. The van der Waals surface area contributed by atoms with Gasteiger partial charge in [0.1, 0.15) is 11.3 Å². The lowest BCUT2D eigenvalue weighted by molar-refractivity contribution is 0.0698. The van der Waals surface area contributed by atoms with Crippen LogP contribution in [0.5, 0.6) is 0 Å². The molecule has 4 rings (SSSR count). The third-order valence-corrected chi connectivity index (χ3v) is 4.41. The summed E-state index contributed by atoms with van der Waals surface area (Å²) in [4.78, 5) is 12.3. The second-order valence-corrected chi connectivity index (χ2v) is 6.18. The van der Waals surface area contributed by atoms with Gasteiger partial charge in [0.15, 0.2) is 0 Å². The first-order valence-corrected chi connectivity index (χ1v) is 8.66. The minimum Gasteiger partial charge on any atom is -0.478 e. The van der Waals surface area contributed by atoms with Gasteiger partial charge in [-0.1, -0.05) is 60.7 Å². The van der Waals surface area contributed by atoms with Crippen molar-refractivity contribution < 1.29 is 9.90 Å². The van der Waals surface area contributed by atoms with Crippen LogP contribution in [-0.4, -0.2) is 20.9 Å². The lowest BCUT2D eigenvalue weighted by Gasteiger charge is -2.08. The Morgan fingerprint density at radius 2 is 1.54 bits per heavy atom. The van der Waals surface area contributed by atoms with Crippen LogP contribution in [0, 0.1) is 11.3 Å². The Labute approximate surface area is 161 Å². The van der Waals surface area contributed by atoms with Crippen LogP contribution in [0.4, 0.5) is 0 Å². The molecule has 1 N–H and O–H groups in total. The van der Waals surface area contributed by atoms with Gasteiger partial charge >= 0.3 is 5.97 Å². The number of hydrogen-bond donors (Lipinski definition) is 1. The molecule has 0 unspecified atom stereocenters. The molecule has 1 heterocycles. The molecule has 0 amide bonds. The second-order valence-electron chi connectivity index (χ2n) is 6.18. The third-order valence-electron chi connectivity index (χ3n) is 4.41. The predicted molar refractivity (Wildman–Crippen MR) is 106 cm³/mol. The van der Waals surface area contributed by atoms with Crippen molar-refractivity contribution in [2.75, 3.05) is 0 Å². The predicted octanol–water partition coefficient (Wildman–Crippen LogP) is 4.78. The van der Waals surface area contributed by atoms with Gasteiger partial charge in [-0.3, -0.25) is 0 Å². The molecule has 5 nitrogen and oxygen atoms in total. The first-order valence-electron chi connectivity index (χ1n) is 8.66. The summed E-state index contributed by atoms with van der Waals surface area (Å²) in [7, 11) is 0. The van der Waals surface area contributed by atoms with E-state index in [2.05, 4.69) is 11.2 Å². The number of rotatable bonds is 4. The van der Waals surface area contributed by atoms with Crippen LogP contribution in [0.15, 0.2) is 84.9 Å². The molecule has 4 aromatic rings. The van der Waals surface area contributed by atoms with E-state index < -0.39 is 5.97 Å². The number of aromatic nitrogens is 2. The zero-order valence-electron chi connectivity index (χ0n) is 14.8. The molecule has 0 saturated carbocycles. The van der Waals surface area contributed by atoms with Crippen molar-refractivity contribution in [2.24, 2.45) is 0 Å². The van der Waals surface area contributed by atoms with E-state index in [9.17, 15) is 15.2 Å². The van der Waals surface area contributed by atoms with Crippen molar-refractivity contribution in [1.29, 1.82) is 5.26 Å². The molecule has 0 atom stereocenters. The van der Waals surface area contributed by atoms with Crippen LogP contribution < -0.4 is 0 Å². The number of carboxylic acids is 1. The molecule has 0 fully saturated rings. The number of carbonyl (C=O) groups is 1. The summed E-state index contributed by atoms with van der Waals surface area (Å²) in [6.45, 7) is 0. The van der Waals surface area contributed by atoms with Crippen LogP contribution >= 0.6 is 0 Å². The molecular weight excluding hydrogens is 350 g/mol. The molecule has 0 saturated heterocycles. The molecule has 0 aliphatic heterocycles.